The van der Waals surface area contributed by atoms with E-state index in [1.54, 1.807) is 6.20 Å². The van der Waals surface area contributed by atoms with Gasteiger partial charge < -0.3 is 20.5 Å². The summed E-state index contributed by atoms with van der Waals surface area (Å²) in [6.45, 7) is 0.512. The van der Waals surface area contributed by atoms with Crippen molar-refractivity contribution >= 4 is 28.2 Å². The first-order chi connectivity index (χ1) is 9.49. The highest BCUT2D eigenvalue weighted by Crippen LogP contribution is 2.26. The molecule has 0 bridgehead atoms. The number of amides is 1. The first kappa shape index (κ1) is 14.3. The number of imidazole rings is 1. The Hall–Kier alpha value is -2.09. The number of thiazole rings is 1. The second kappa shape index (κ2) is 5.91. The van der Waals surface area contributed by atoms with Crippen LogP contribution in [-0.2, 0) is 13.5 Å². The molecule has 0 aromatic carbocycles. The van der Waals surface area contributed by atoms with Gasteiger partial charge in [0, 0.05) is 46.5 Å². The van der Waals surface area contributed by atoms with Gasteiger partial charge in [-0.3, -0.25) is 4.79 Å². The second-order valence-electron chi connectivity index (χ2n) is 4.57. The van der Waals surface area contributed by atoms with Crippen LogP contribution in [0.3, 0.4) is 0 Å². The van der Waals surface area contributed by atoms with Crippen LogP contribution in [0, 0.1) is 0 Å². The molecule has 20 heavy (non-hydrogen) atoms. The first-order valence-corrected chi connectivity index (χ1v) is 6.98. The Kier molecular flexibility index (Phi) is 4.23. The number of nitrogens with one attached hydrogen (secondary N) is 1. The summed E-state index contributed by atoms with van der Waals surface area (Å²) in [4.78, 5) is 22.7. The van der Waals surface area contributed by atoms with E-state index in [9.17, 15) is 4.79 Å². The maximum Gasteiger partial charge on any atom is 0.265 e. The van der Waals surface area contributed by atoms with Gasteiger partial charge >= 0.3 is 0 Å². The van der Waals surface area contributed by atoms with Crippen LogP contribution in [0.25, 0.3) is 0 Å². The third-order valence-corrected chi connectivity index (χ3v) is 4.02. The predicted octanol–water partition coefficient (Wildman–Crippen LogP) is 0.497. The van der Waals surface area contributed by atoms with Gasteiger partial charge in [0.05, 0.1) is 0 Å². The van der Waals surface area contributed by atoms with Gasteiger partial charge in [-0.05, 0) is 0 Å². The number of rotatable bonds is 5. The largest absolute Gasteiger partial charge is 0.382 e. The Labute approximate surface area is 121 Å². The highest BCUT2D eigenvalue weighted by molar-refractivity contribution is 7.18. The molecule has 0 aliphatic heterocycles. The molecule has 0 fully saturated rings. The summed E-state index contributed by atoms with van der Waals surface area (Å²) in [7, 11) is 5.65. The molecule has 2 aromatic heterocycles. The average Bonchev–Trinajstić information content (AvgIpc) is 2.96. The number of carbonyl (C=O) groups excluding carboxylic acids is 1. The number of anilines is 2. The topological polar surface area (TPSA) is 89.1 Å². The van der Waals surface area contributed by atoms with Gasteiger partial charge in [-0.2, -0.15) is 0 Å². The molecule has 7 nitrogen and oxygen atoms in total. The fraction of sp³-hybridized carbons (Fsp3) is 0.417. The van der Waals surface area contributed by atoms with E-state index in [0.29, 0.717) is 17.8 Å². The Morgan fingerprint density at radius 3 is 2.85 bits per heavy atom. The van der Waals surface area contributed by atoms with Crippen LogP contribution >= 0.6 is 11.3 Å². The molecule has 0 unspecified atom stereocenters. The molecule has 0 aliphatic carbocycles. The molecule has 2 heterocycles. The van der Waals surface area contributed by atoms with Crippen LogP contribution in [0.15, 0.2) is 12.4 Å². The quantitative estimate of drug-likeness (QED) is 0.838. The number of nitrogen functional groups attached to an aromatic ring is 1. The number of aromatic nitrogens is 3. The van der Waals surface area contributed by atoms with Gasteiger partial charge in [0.1, 0.15) is 16.5 Å². The Bertz CT molecular complexity index is 603. The van der Waals surface area contributed by atoms with E-state index in [0.717, 1.165) is 11.0 Å². The van der Waals surface area contributed by atoms with Crippen molar-refractivity contribution in [1.82, 2.24) is 19.9 Å². The van der Waals surface area contributed by atoms with Crippen molar-refractivity contribution in [2.24, 2.45) is 7.05 Å². The summed E-state index contributed by atoms with van der Waals surface area (Å²) >= 11 is 1.28. The monoisotopic (exact) mass is 294 g/mol. The minimum absolute atomic E-state index is 0.192. The van der Waals surface area contributed by atoms with Crippen molar-refractivity contribution in [3.63, 3.8) is 0 Å². The third-order valence-electron chi connectivity index (χ3n) is 2.79. The molecule has 0 atom stereocenters. The summed E-state index contributed by atoms with van der Waals surface area (Å²) in [5, 5.41) is 3.56. The first-order valence-electron chi connectivity index (χ1n) is 6.17. The Balaban J connectivity index is 1.93. The van der Waals surface area contributed by atoms with Crippen molar-refractivity contribution in [3.8, 4) is 0 Å². The van der Waals surface area contributed by atoms with E-state index < -0.39 is 0 Å². The highest BCUT2D eigenvalue weighted by atomic mass is 32.1. The second-order valence-corrected chi connectivity index (χ2v) is 5.54. The molecule has 2 aromatic rings. The predicted molar refractivity (Wildman–Crippen MR) is 80.1 cm³/mol. The van der Waals surface area contributed by atoms with Crippen molar-refractivity contribution < 1.29 is 4.79 Å². The molecule has 0 aliphatic rings. The van der Waals surface area contributed by atoms with Gasteiger partial charge in [0.2, 0.25) is 0 Å². The van der Waals surface area contributed by atoms with Gasteiger partial charge in [0.15, 0.2) is 5.13 Å². The number of hydrogen-bond donors (Lipinski definition) is 2. The molecule has 108 valence electrons. The number of nitrogens with zero attached hydrogens (tertiary/aromatic N) is 4. The maximum atomic E-state index is 12.0. The smallest absolute Gasteiger partial charge is 0.265 e. The van der Waals surface area contributed by atoms with Gasteiger partial charge in [-0.25, -0.2) is 9.97 Å². The number of aryl methyl sites for hydroxylation is 1. The van der Waals surface area contributed by atoms with Gasteiger partial charge in [0.25, 0.3) is 5.91 Å². The van der Waals surface area contributed by atoms with Crippen molar-refractivity contribution in [2.45, 2.75) is 6.42 Å². The SMILES string of the molecule is CN(C)c1nc(N)c(C(=O)NCCc2nccn2C)s1. The third kappa shape index (κ3) is 3.08. The summed E-state index contributed by atoms with van der Waals surface area (Å²) in [6, 6.07) is 0. The zero-order valence-corrected chi connectivity index (χ0v) is 12.6. The van der Waals surface area contributed by atoms with E-state index in [1.165, 1.54) is 11.3 Å². The number of carbonyl (C=O) groups is 1. The minimum Gasteiger partial charge on any atom is -0.382 e. The van der Waals surface area contributed by atoms with Crippen LogP contribution in [0.1, 0.15) is 15.5 Å². The molecule has 3 N–H and O–H groups in total. The van der Waals surface area contributed by atoms with Crippen LogP contribution in [0.2, 0.25) is 0 Å². The van der Waals surface area contributed by atoms with Gasteiger partial charge in [-0.15, -0.1) is 0 Å². The Morgan fingerprint density at radius 2 is 2.30 bits per heavy atom. The number of hydrogen-bond acceptors (Lipinski definition) is 6. The molecule has 1 amide bonds. The number of nitrogens with two attached hydrogens (primary N) is 1. The summed E-state index contributed by atoms with van der Waals surface area (Å²) in [5.74, 6) is 1.01. The lowest BCUT2D eigenvalue weighted by atomic mass is 10.4. The summed E-state index contributed by atoms with van der Waals surface area (Å²) in [5.41, 5.74) is 5.77. The highest BCUT2D eigenvalue weighted by Gasteiger charge is 2.16. The zero-order chi connectivity index (χ0) is 14.7. The summed E-state index contributed by atoms with van der Waals surface area (Å²) < 4.78 is 1.93. The van der Waals surface area contributed by atoms with E-state index >= 15 is 0 Å². The molecule has 0 saturated heterocycles. The minimum atomic E-state index is -0.192. The van der Waals surface area contributed by atoms with Crippen LogP contribution in [0.4, 0.5) is 10.9 Å². The maximum absolute atomic E-state index is 12.0. The molecule has 0 saturated carbocycles. The summed E-state index contributed by atoms with van der Waals surface area (Å²) in [6.07, 6.45) is 4.29. The molecule has 0 spiro atoms. The van der Waals surface area contributed by atoms with Crippen molar-refractivity contribution in [2.75, 3.05) is 31.3 Å². The fourth-order valence-corrected chi connectivity index (χ4v) is 2.50. The zero-order valence-electron chi connectivity index (χ0n) is 11.8. The van der Waals surface area contributed by atoms with Crippen LogP contribution in [0.5, 0.6) is 0 Å². The average molecular weight is 294 g/mol. The van der Waals surface area contributed by atoms with Gasteiger partial charge in [-0.1, -0.05) is 11.3 Å². The van der Waals surface area contributed by atoms with Crippen LogP contribution < -0.4 is 16.0 Å². The molecular formula is C12H18N6OS. The molecular weight excluding hydrogens is 276 g/mol. The lowest BCUT2D eigenvalue weighted by Crippen LogP contribution is -2.26. The van der Waals surface area contributed by atoms with E-state index in [-0.39, 0.29) is 11.7 Å². The van der Waals surface area contributed by atoms with E-state index in [2.05, 4.69) is 15.3 Å². The standard InChI is InChI=1S/C12H18N6OS/c1-17(2)12-16-10(13)9(20-12)11(19)15-5-4-8-14-6-7-18(8)3/h6-7H,4-5,13H2,1-3H3,(H,15,19). The Morgan fingerprint density at radius 1 is 1.55 bits per heavy atom. The van der Waals surface area contributed by atoms with Crippen LogP contribution in [-0.4, -0.2) is 41.1 Å². The molecule has 2 rings (SSSR count). The fourth-order valence-electron chi connectivity index (χ4n) is 1.68. The normalized spacial score (nSPS) is 10.6. The lowest BCUT2D eigenvalue weighted by Gasteiger charge is -2.05. The molecule has 0 radical (unpaired) electrons. The lowest BCUT2D eigenvalue weighted by molar-refractivity contribution is 0.0958. The van der Waals surface area contributed by atoms with Crippen molar-refractivity contribution in [3.05, 3.63) is 23.1 Å². The molecule has 8 heteroatoms. The van der Waals surface area contributed by atoms with E-state index in [4.69, 9.17) is 5.73 Å². The van der Waals surface area contributed by atoms with Crippen molar-refractivity contribution in [1.29, 1.82) is 0 Å². The van der Waals surface area contributed by atoms with E-state index in [1.807, 2.05) is 36.8 Å².